The summed E-state index contributed by atoms with van der Waals surface area (Å²) in [6.07, 6.45) is 1.50. The Morgan fingerprint density at radius 1 is 1.11 bits per heavy atom. The molecule has 2 heterocycles. The number of urea groups is 1. The molecule has 2 amide bonds. The van der Waals surface area contributed by atoms with Crippen molar-refractivity contribution in [3.63, 3.8) is 0 Å². The number of ether oxygens (including phenoxy) is 1. The Morgan fingerprint density at radius 3 is 2.53 bits per heavy atom. The Labute approximate surface area is 223 Å². The van der Waals surface area contributed by atoms with Gasteiger partial charge in [0, 0.05) is 38.3 Å². The summed E-state index contributed by atoms with van der Waals surface area (Å²) in [5.41, 5.74) is 1.54. The molecule has 1 aromatic heterocycles. The number of hydrogen-bond acceptors (Lipinski definition) is 6. The third kappa shape index (κ3) is 7.18. The van der Waals surface area contributed by atoms with Crippen molar-refractivity contribution in [2.45, 2.75) is 30.9 Å². The molecule has 9 nitrogen and oxygen atoms in total. The van der Waals surface area contributed by atoms with Crippen molar-refractivity contribution in [3.8, 4) is 0 Å². The van der Waals surface area contributed by atoms with Gasteiger partial charge in [0.15, 0.2) is 0 Å². The summed E-state index contributed by atoms with van der Waals surface area (Å²) >= 11 is 0. The van der Waals surface area contributed by atoms with Crippen LogP contribution in [-0.2, 0) is 33.4 Å². The Kier molecular flexibility index (Phi) is 9.48. The second kappa shape index (κ2) is 13.0. The van der Waals surface area contributed by atoms with E-state index < -0.39 is 21.4 Å². The van der Waals surface area contributed by atoms with Gasteiger partial charge in [-0.3, -0.25) is 4.90 Å². The number of carbonyl (C=O) groups excluding carboxylic acids is 1. The highest BCUT2D eigenvalue weighted by Gasteiger charge is 2.27. The maximum Gasteiger partial charge on any atom is 0.317 e. The van der Waals surface area contributed by atoms with E-state index in [1.54, 1.807) is 15.5 Å². The van der Waals surface area contributed by atoms with Gasteiger partial charge in [-0.15, -0.1) is 0 Å². The average Bonchev–Trinajstić information content (AvgIpc) is 3.32. The molecule has 0 atom stereocenters. The Morgan fingerprint density at radius 2 is 1.82 bits per heavy atom. The van der Waals surface area contributed by atoms with Crippen molar-refractivity contribution in [3.05, 3.63) is 83.4 Å². The number of hydrogen-bond donors (Lipinski definition) is 1. The summed E-state index contributed by atoms with van der Waals surface area (Å²) in [5.74, 6) is -1.09. The van der Waals surface area contributed by atoms with Gasteiger partial charge < -0.3 is 19.5 Å². The number of sulfone groups is 1. The number of rotatable bonds is 11. The molecule has 38 heavy (non-hydrogen) atoms. The van der Waals surface area contributed by atoms with E-state index in [1.807, 2.05) is 37.3 Å². The largest absolute Gasteiger partial charge is 0.379 e. The molecule has 0 saturated carbocycles. The average molecular weight is 544 g/mol. The van der Waals surface area contributed by atoms with Crippen LogP contribution in [0.2, 0.25) is 0 Å². The molecular formula is C27H34FN5O4S. The minimum atomic E-state index is -3.99. The van der Waals surface area contributed by atoms with Crippen molar-refractivity contribution in [1.29, 1.82) is 0 Å². The summed E-state index contributed by atoms with van der Waals surface area (Å²) in [5, 5.41) is 2.70. The highest BCUT2D eigenvalue weighted by molar-refractivity contribution is 7.90. The molecule has 0 bridgehead atoms. The Bertz CT molecular complexity index is 1310. The maximum absolute atomic E-state index is 14.3. The Hall–Kier alpha value is -3.28. The summed E-state index contributed by atoms with van der Waals surface area (Å²) in [4.78, 5) is 21.1. The topological polar surface area (TPSA) is 96.8 Å². The fourth-order valence-corrected chi connectivity index (χ4v) is 5.89. The van der Waals surface area contributed by atoms with Crippen LogP contribution < -0.4 is 5.32 Å². The molecule has 0 spiro atoms. The van der Waals surface area contributed by atoms with Gasteiger partial charge in [0.25, 0.3) is 0 Å². The lowest BCUT2D eigenvalue weighted by molar-refractivity contribution is 0.0346. The van der Waals surface area contributed by atoms with Crippen LogP contribution in [0.3, 0.4) is 0 Å². The smallest absolute Gasteiger partial charge is 0.317 e. The first-order chi connectivity index (χ1) is 18.4. The second-order valence-corrected chi connectivity index (χ2v) is 11.0. The van der Waals surface area contributed by atoms with Crippen molar-refractivity contribution in [2.24, 2.45) is 0 Å². The first-order valence-electron chi connectivity index (χ1n) is 12.7. The van der Waals surface area contributed by atoms with E-state index in [-0.39, 0.29) is 29.8 Å². The van der Waals surface area contributed by atoms with Crippen molar-refractivity contribution >= 4 is 15.9 Å². The molecular weight excluding hydrogens is 509 g/mol. The molecule has 0 aliphatic carbocycles. The number of morpholine rings is 1. The van der Waals surface area contributed by atoms with E-state index >= 15 is 0 Å². The molecule has 1 N–H and O–H groups in total. The summed E-state index contributed by atoms with van der Waals surface area (Å²) < 4.78 is 48.3. The van der Waals surface area contributed by atoms with Gasteiger partial charge in [-0.1, -0.05) is 48.5 Å². The lowest BCUT2D eigenvalue weighted by atomic mass is 10.2. The molecule has 2 aromatic carbocycles. The second-order valence-electron chi connectivity index (χ2n) is 9.17. The van der Waals surface area contributed by atoms with Crippen LogP contribution in [0.4, 0.5) is 9.18 Å². The first-order valence-corrected chi connectivity index (χ1v) is 14.4. The van der Waals surface area contributed by atoms with Gasteiger partial charge in [-0.05, 0) is 18.6 Å². The molecule has 4 rings (SSSR count). The summed E-state index contributed by atoms with van der Waals surface area (Å²) in [6, 6.07) is 15.0. The van der Waals surface area contributed by atoms with E-state index in [2.05, 4.69) is 15.2 Å². The fraction of sp³-hybridized carbons (Fsp3) is 0.407. The monoisotopic (exact) mass is 543 g/mol. The standard InChI is InChI=1S/C27H34FN5O4S/c1-2-29-26(34)32(13-12-31-14-16-37-17-15-31)20-24-18-30-27(33(24)19-22-8-4-3-5-9-22)38(35,36)21-23-10-6-7-11-25(23)28/h3-11,18H,2,12-17,19-21H2,1H3,(H,29,34). The van der Waals surface area contributed by atoms with Crippen LogP contribution in [0, 0.1) is 5.82 Å². The van der Waals surface area contributed by atoms with E-state index in [0.29, 0.717) is 38.5 Å². The molecule has 204 valence electrons. The highest BCUT2D eigenvalue weighted by atomic mass is 32.2. The number of amides is 2. The van der Waals surface area contributed by atoms with Crippen molar-refractivity contribution in [1.82, 2.24) is 24.7 Å². The van der Waals surface area contributed by atoms with E-state index in [1.165, 1.54) is 24.4 Å². The van der Waals surface area contributed by atoms with Crippen LogP contribution in [0.15, 0.2) is 66.0 Å². The van der Waals surface area contributed by atoms with E-state index in [0.717, 1.165) is 18.7 Å². The fourth-order valence-electron chi connectivity index (χ4n) is 4.38. The van der Waals surface area contributed by atoms with E-state index in [9.17, 15) is 17.6 Å². The van der Waals surface area contributed by atoms with Gasteiger partial charge >= 0.3 is 6.03 Å². The summed E-state index contributed by atoms with van der Waals surface area (Å²) in [6.45, 7) is 6.79. The third-order valence-corrected chi connectivity index (χ3v) is 8.00. The number of carbonyl (C=O) groups is 1. The van der Waals surface area contributed by atoms with Gasteiger partial charge in [-0.25, -0.2) is 22.6 Å². The maximum atomic E-state index is 14.3. The molecule has 0 radical (unpaired) electrons. The van der Waals surface area contributed by atoms with Gasteiger partial charge in [0.1, 0.15) is 5.82 Å². The number of aromatic nitrogens is 2. The number of benzene rings is 2. The number of nitrogens with zero attached hydrogens (tertiary/aromatic N) is 4. The van der Waals surface area contributed by atoms with Crippen molar-refractivity contribution in [2.75, 3.05) is 45.9 Å². The zero-order chi connectivity index (χ0) is 27.0. The summed E-state index contributed by atoms with van der Waals surface area (Å²) in [7, 11) is -3.99. The zero-order valence-corrected chi connectivity index (χ0v) is 22.4. The molecule has 0 unspecified atom stereocenters. The van der Waals surface area contributed by atoms with Crippen LogP contribution in [-0.4, -0.2) is 79.7 Å². The third-order valence-electron chi connectivity index (χ3n) is 6.42. The lowest BCUT2D eigenvalue weighted by Crippen LogP contribution is -2.46. The number of nitrogens with one attached hydrogen (secondary N) is 1. The molecule has 1 saturated heterocycles. The first kappa shape index (κ1) is 27.7. The van der Waals surface area contributed by atoms with Gasteiger partial charge in [0.2, 0.25) is 15.0 Å². The van der Waals surface area contributed by atoms with Crippen LogP contribution >= 0.6 is 0 Å². The number of halogens is 1. The molecule has 1 fully saturated rings. The molecule has 3 aromatic rings. The van der Waals surface area contributed by atoms with E-state index in [4.69, 9.17) is 4.74 Å². The molecule has 1 aliphatic heterocycles. The minimum Gasteiger partial charge on any atom is -0.379 e. The van der Waals surface area contributed by atoms with Crippen molar-refractivity contribution < 1.29 is 22.3 Å². The molecule has 11 heteroatoms. The quantitative estimate of drug-likeness (QED) is 0.400. The Balaban J connectivity index is 1.64. The van der Waals surface area contributed by atoms with Crippen LogP contribution in [0.5, 0.6) is 0 Å². The van der Waals surface area contributed by atoms with Crippen LogP contribution in [0.1, 0.15) is 23.7 Å². The number of imidazole rings is 1. The predicted octanol–water partition coefficient (Wildman–Crippen LogP) is 2.91. The SMILES string of the molecule is CCNC(=O)N(CCN1CCOCC1)Cc1cnc(S(=O)(=O)Cc2ccccc2F)n1Cc1ccccc1. The van der Waals surface area contributed by atoms with Gasteiger partial charge in [-0.2, -0.15) is 0 Å². The van der Waals surface area contributed by atoms with Crippen LogP contribution in [0.25, 0.3) is 0 Å². The lowest BCUT2D eigenvalue weighted by Gasteiger charge is -2.30. The normalized spacial score (nSPS) is 14.4. The highest BCUT2D eigenvalue weighted by Crippen LogP contribution is 2.21. The predicted molar refractivity (Wildman–Crippen MR) is 142 cm³/mol. The van der Waals surface area contributed by atoms with Gasteiger partial charge in [0.05, 0.1) is 43.9 Å². The zero-order valence-electron chi connectivity index (χ0n) is 21.6. The minimum absolute atomic E-state index is 0.0813. The molecule has 1 aliphatic rings.